The number of carbonyl (C=O) groups is 1. The second-order valence-corrected chi connectivity index (χ2v) is 6.96. The van der Waals surface area contributed by atoms with Gasteiger partial charge in [-0.25, -0.2) is 0 Å². The van der Waals surface area contributed by atoms with Crippen LogP contribution in [-0.2, 0) is 4.79 Å². The third-order valence-corrected chi connectivity index (χ3v) is 5.19. The number of amides is 1. The zero-order chi connectivity index (χ0) is 15.4. The largest absolute Gasteiger partial charge is 0.349 e. The number of rotatable bonds is 6. The lowest BCUT2D eigenvalue weighted by molar-refractivity contribution is -0.122. The van der Waals surface area contributed by atoms with E-state index >= 15 is 0 Å². The fraction of sp³-hybridized carbons (Fsp3) is 0.632. The van der Waals surface area contributed by atoms with E-state index in [9.17, 15) is 4.79 Å². The number of carbonyl (C=O) groups excluding carboxylic acids is 1. The Morgan fingerprint density at radius 3 is 2.68 bits per heavy atom. The molecule has 2 atom stereocenters. The molecule has 3 nitrogen and oxygen atoms in total. The van der Waals surface area contributed by atoms with E-state index in [1.165, 1.54) is 44.2 Å². The van der Waals surface area contributed by atoms with Gasteiger partial charge in [0.2, 0.25) is 5.91 Å². The maximum absolute atomic E-state index is 12.4. The van der Waals surface area contributed by atoms with Gasteiger partial charge < -0.3 is 10.2 Å². The molecule has 1 aliphatic heterocycles. The molecule has 1 aromatic rings. The zero-order valence-corrected chi connectivity index (χ0v) is 13.6. The average Bonchev–Trinajstić information content (AvgIpc) is 3.37. The number of nitrogens with one attached hydrogen (secondary N) is 1. The molecule has 0 spiro atoms. The Hall–Kier alpha value is -1.35. The van der Waals surface area contributed by atoms with Gasteiger partial charge in [-0.2, -0.15) is 0 Å². The molecule has 0 aromatic heterocycles. The summed E-state index contributed by atoms with van der Waals surface area (Å²) in [5, 5.41) is 3.29. The summed E-state index contributed by atoms with van der Waals surface area (Å²) in [4.78, 5) is 14.8. The Morgan fingerprint density at radius 2 is 2.00 bits per heavy atom. The summed E-state index contributed by atoms with van der Waals surface area (Å²) in [6.45, 7) is 1.18. The lowest BCUT2D eigenvalue weighted by Crippen LogP contribution is -2.37. The summed E-state index contributed by atoms with van der Waals surface area (Å²) in [6.07, 6.45) is 7.99. The quantitative estimate of drug-likeness (QED) is 0.872. The second-order valence-electron chi connectivity index (χ2n) is 6.96. The van der Waals surface area contributed by atoms with E-state index in [0.717, 1.165) is 6.42 Å². The minimum absolute atomic E-state index is 0.220. The fourth-order valence-electron chi connectivity index (χ4n) is 3.62. The summed E-state index contributed by atoms with van der Waals surface area (Å²) in [5.74, 6) is 0.864. The molecule has 120 valence electrons. The Morgan fingerprint density at radius 1 is 1.23 bits per heavy atom. The van der Waals surface area contributed by atoms with E-state index in [-0.39, 0.29) is 11.9 Å². The molecule has 1 heterocycles. The van der Waals surface area contributed by atoms with Crippen molar-refractivity contribution < 1.29 is 4.79 Å². The standard InChI is InChI=1S/C19H28N2O/c1-21-14-6-5-9-17(21)12-13-18(22)20-19(16-10-11-16)15-7-3-2-4-8-15/h2-4,7-8,16-17,19H,5-6,9-14H2,1H3,(H,20,22)/t17-,19-/m0/s1. The highest BCUT2D eigenvalue weighted by Gasteiger charge is 2.33. The van der Waals surface area contributed by atoms with Crippen molar-refractivity contribution in [1.82, 2.24) is 10.2 Å². The van der Waals surface area contributed by atoms with Gasteiger partial charge in [-0.3, -0.25) is 4.79 Å². The van der Waals surface area contributed by atoms with Crippen LogP contribution in [-0.4, -0.2) is 30.4 Å². The van der Waals surface area contributed by atoms with E-state index in [4.69, 9.17) is 0 Å². The van der Waals surface area contributed by atoms with Gasteiger partial charge in [-0.15, -0.1) is 0 Å². The van der Waals surface area contributed by atoms with Crippen molar-refractivity contribution >= 4 is 5.91 Å². The molecule has 1 saturated heterocycles. The number of nitrogens with zero attached hydrogens (tertiary/aromatic N) is 1. The summed E-state index contributed by atoms with van der Waals surface area (Å²) in [6, 6.07) is 11.3. The molecule has 1 amide bonds. The van der Waals surface area contributed by atoms with Crippen molar-refractivity contribution in [3.8, 4) is 0 Å². The fourth-order valence-corrected chi connectivity index (χ4v) is 3.62. The van der Waals surface area contributed by atoms with Gasteiger partial charge in [0.05, 0.1) is 6.04 Å². The highest BCUT2D eigenvalue weighted by atomic mass is 16.1. The predicted molar refractivity (Wildman–Crippen MR) is 89.6 cm³/mol. The van der Waals surface area contributed by atoms with Crippen molar-refractivity contribution in [1.29, 1.82) is 0 Å². The maximum atomic E-state index is 12.4. The molecule has 1 aliphatic carbocycles. The van der Waals surface area contributed by atoms with Crippen LogP contribution in [0.2, 0.25) is 0 Å². The van der Waals surface area contributed by atoms with Crippen LogP contribution in [0.5, 0.6) is 0 Å². The van der Waals surface area contributed by atoms with Crippen LogP contribution in [0.25, 0.3) is 0 Å². The van der Waals surface area contributed by atoms with E-state index in [1.54, 1.807) is 0 Å². The number of piperidine rings is 1. The first-order valence-corrected chi connectivity index (χ1v) is 8.78. The highest BCUT2D eigenvalue weighted by molar-refractivity contribution is 5.76. The monoisotopic (exact) mass is 300 g/mol. The van der Waals surface area contributed by atoms with Gasteiger partial charge in [0.1, 0.15) is 0 Å². The van der Waals surface area contributed by atoms with Gasteiger partial charge in [-0.05, 0) is 57.2 Å². The summed E-state index contributed by atoms with van der Waals surface area (Å²) >= 11 is 0. The van der Waals surface area contributed by atoms with Crippen molar-refractivity contribution in [3.63, 3.8) is 0 Å². The van der Waals surface area contributed by atoms with Crippen molar-refractivity contribution in [3.05, 3.63) is 35.9 Å². The molecule has 0 radical (unpaired) electrons. The molecule has 1 saturated carbocycles. The molecule has 0 bridgehead atoms. The lowest BCUT2D eigenvalue weighted by atomic mass is 9.98. The number of likely N-dealkylation sites (tertiary alicyclic amines) is 1. The SMILES string of the molecule is CN1CCCC[C@H]1CCC(=O)N[C@@H](c1ccccc1)C1CC1. The predicted octanol–water partition coefficient (Wildman–Crippen LogP) is 3.52. The molecular weight excluding hydrogens is 272 g/mol. The Balaban J connectivity index is 1.51. The van der Waals surface area contributed by atoms with E-state index in [1.807, 2.05) is 6.07 Å². The molecule has 0 unspecified atom stereocenters. The van der Waals surface area contributed by atoms with Gasteiger partial charge in [0.25, 0.3) is 0 Å². The molecular formula is C19H28N2O. The number of benzene rings is 1. The summed E-state index contributed by atoms with van der Waals surface area (Å²) in [7, 11) is 2.19. The molecule has 3 heteroatoms. The molecule has 1 N–H and O–H groups in total. The summed E-state index contributed by atoms with van der Waals surface area (Å²) in [5.41, 5.74) is 1.26. The Bertz CT molecular complexity index is 483. The topological polar surface area (TPSA) is 32.3 Å². The Kier molecular flexibility index (Phi) is 5.14. The van der Waals surface area contributed by atoms with Crippen LogP contribution < -0.4 is 5.32 Å². The third kappa shape index (κ3) is 4.10. The first-order chi connectivity index (χ1) is 10.7. The molecule has 3 rings (SSSR count). The minimum atomic E-state index is 0.220. The van der Waals surface area contributed by atoms with E-state index < -0.39 is 0 Å². The van der Waals surface area contributed by atoms with Crippen molar-refractivity contribution in [2.45, 2.75) is 57.0 Å². The smallest absolute Gasteiger partial charge is 0.220 e. The normalized spacial score (nSPS) is 24.0. The molecule has 2 aliphatic rings. The third-order valence-electron chi connectivity index (χ3n) is 5.19. The van der Waals surface area contributed by atoms with Crippen LogP contribution in [0, 0.1) is 5.92 Å². The van der Waals surface area contributed by atoms with Crippen LogP contribution in [0.3, 0.4) is 0 Å². The van der Waals surface area contributed by atoms with Crippen molar-refractivity contribution in [2.24, 2.45) is 5.92 Å². The number of hydrogen-bond donors (Lipinski definition) is 1. The maximum Gasteiger partial charge on any atom is 0.220 e. The van der Waals surface area contributed by atoms with Gasteiger partial charge >= 0.3 is 0 Å². The van der Waals surface area contributed by atoms with Gasteiger partial charge in [0, 0.05) is 12.5 Å². The Labute approximate surface area is 134 Å². The van der Waals surface area contributed by atoms with Crippen LogP contribution in [0.1, 0.15) is 56.6 Å². The van der Waals surface area contributed by atoms with Gasteiger partial charge in [-0.1, -0.05) is 36.8 Å². The lowest BCUT2D eigenvalue weighted by Gasteiger charge is -2.32. The van der Waals surface area contributed by atoms with Crippen LogP contribution in [0.15, 0.2) is 30.3 Å². The number of hydrogen-bond acceptors (Lipinski definition) is 2. The molecule has 2 fully saturated rings. The molecule has 22 heavy (non-hydrogen) atoms. The van der Waals surface area contributed by atoms with Crippen molar-refractivity contribution in [2.75, 3.05) is 13.6 Å². The van der Waals surface area contributed by atoms with Crippen LogP contribution in [0.4, 0.5) is 0 Å². The minimum Gasteiger partial charge on any atom is -0.349 e. The van der Waals surface area contributed by atoms with Crippen LogP contribution >= 0.6 is 0 Å². The van der Waals surface area contributed by atoms with E-state index in [0.29, 0.717) is 18.4 Å². The zero-order valence-electron chi connectivity index (χ0n) is 13.6. The first-order valence-electron chi connectivity index (χ1n) is 8.78. The second kappa shape index (κ2) is 7.28. The highest BCUT2D eigenvalue weighted by Crippen LogP contribution is 2.41. The first kappa shape index (κ1) is 15.5. The average molecular weight is 300 g/mol. The molecule has 1 aromatic carbocycles. The van der Waals surface area contributed by atoms with Gasteiger partial charge in [0.15, 0.2) is 0 Å². The van der Waals surface area contributed by atoms with E-state index in [2.05, 4.69) is 41.5 Å². The summed E-state index contributed by atoms with van der Waals surface area (Å²) < 4.78 is 0.